The maximum absolute atomic E-state index is 13.1. The standard InChI is InChI=1S/C23H20N8O2/c24-11-17-4-5-21(25-12-17)29-6-8-30(9-7-29)23(33)18-3-1-2-16(10-18)15-31-20-14-26-28-22(32)19(20)13-27-31/h1-5,10,12-14H,6-9,15H2,(H,28,32). The Morgan fingerprint density at radius 3 is 2.70 bits per heavy atom. The highest BCUT2D eigenvalue weighted by atomic mass is 16.2. The summed E-state index contributed by atoms with van der Waals surface area (Å²) in [5.41, 5.74) is 2.41. The lowest BCUT2D eigenvalue weighted by Crippen LogP contribution is -2.49. The molecule has 33 heavy (non-hydrogen) atoms. The van der Waals surface area contributed by atoms with E-state index < -0.39 is 0 Å². The second-order valence-electron chi connectivity index (χ2n) is 7.80. The van der Waals surface area contributed by atoms with Crippen LogP contribution in [0.1, 0.15) is 21.5 Å². The number of H-pyrrole nitrogens is 1. The maximum Gasteiger partial charge on any atom is 0.275 e. The Kier molecular flexibility index (Phi) is 5.28. The summed E-state index contributed by atoms with van der Waals surface area (Å²) in [4.78, 5) is 33.3. The van der Waals surface area contributed by atoms with Crippen LogP contribution in [0, 0.1) is 11.3 Å². The van der Waals surface area contributed by atoms with Crippen LogP contribution in [0.25, 0.3) is 10.9 Å². The van der Waals surface area contributed by atoms with Crippen LogP contribution in [0.4, 0.5) is 5.82 Å². The molecule has 1 amide bonds. The lowest BCUT2D eigenvalue weighted by Gasteiger charge is -2.35. The first-order valence-corrected chi connectivity index (χ1v) is 10.5. The van der Waals surface area contributed by atoms with E-state index >= 15 is 0 Å². The van der Waals surface area contributed by atoms with Gasteiger partial charge in [-0.05, 0) is 29.8 Å². The molecule has 1 N–H and O–H groups in total. The van der Waals surface area contributed by atoms with Crippen molar-refractivity contribution in [2.75, 3.05) is 31.1 Å². The van der Waals surface area contributed by atoms with Gasteiger partial charge in [0.05, 0.1) is 35.4 Å². The summed E-state index contributed by atoms with van der Waals surface area (Å²) >= 11 is 0. The number of nitrogens with zero attached hydrogens (tertiary/aromatic N) is 7. The molecule has 4 aromatic rings. The smallest absolute Gasteiger partial charge is 0.275 e. The number of aromatic nitrogens is 5. The second kappa shape index (κ2) is 8.55. The molecule has 0 aliphatic carbocycles. The molecule has 3 aromatic heterocycles. The lowest BCUT2D eigenvalue weighted by molar-refractivity contribution is 0.0746. The highest BCUT2D eigenvalue weighted by molar-refractivity contribution is 5.94. The van der Waals surface area contributed by atoms with Crippen LogP contribution >= 0.6 is 0 Å². The highest BCUT2D eigenvalue weighted by Crippen LogP contribution is 2.17. The number of benzene rings is 1. The number of nitrogens with one attached hydrogen (secondary N) is 1. The van der Waals surface area contributed by atoms with Gasteiger partial charge in [-0.1, -0.05) is 12.1 Å². The van der Waals surface area contributed by atoms with Crippen LogP contribution in [-0.4, -0.2) is 61.9 Å². The van der Waals surface area contributed by atoms with E-state index in [-0.39, 0.29) is 11.5 Å². The number of nitriles is 1. The van der Waals surface area contributed by atoms with Crippen LogP contribution in [0.3, 0.4) is 0 Å². The van der Waals surface area contributed by atoms with Gasteiger partial charge in [-0.2, -0.15) is 15.5 Å². The Morgan fingerprint density at radius 1 is 1.09 bits per heavy atom. The first-order valence-electron chi connectivity index (χ1n) is 10.5. The van der Waals surface area contributed by atoms with Crippen molar-refractivity contribution in [2.24, 2.45) is 0 Å². The second-order valence-corrected chi connectivity index (χ2v) is 7.80. The molecule has 4 heterocycles. The first kappa shape index (κ1) is 20.4. The topological polar surface area (TPSA) is 124 Å². The molecule has 0 atom stereocenters. The van der Waals surface area contributed by atoms with Crippen LogP contribution in [0.5, 0.6) is 0 Å². The summed E-state index contributed by atoms with van der Waals surface area (Å²) in [6, 6.07) is 13.1. The average molecular weight is 440 g/mol. The third kappa shape index (κ3) is 4.04. The van der Waals surface area contributed by atoms with Gasteiger partial charge in [-0.3, -0.25) is 14.3 Å². The minimum Gasteiger partial charge on any atom is -0.353 e. The van der Waals surface area contributed by atoms with Crippen LogP contribution in [0.15, 0.2) is 59.8 Å². The minimum absolute atomic E-state index is 0.0206. The summed E-state index contributed by atoms with van der Waals surface area (Å²) in [6.07, 6.45) is 4.65. The number of rotatable bonds is 4. The van der Waals surface area contributed by atoms with Crippen molar-refractivity contribution < 1.29 is 4.79 Å². The van der Waals surface area contributed by atoms with E-state index in [9.17, 15) is 9.59 Å². The largest absolute Gasteiger partial charge is 0.353 e. The van der Waals surface area contributed by atoms with Gasteiger partial charge in [0.15, 0.2) is 0 Å². The van der Waals surface area contributed by atoms with Gasteiger partial charge < -0.3 is 9.80 Å². The molecule has 164 valence electrons. The van der Waals surface area contributed by atoms with Crippen molar-refractivity contribution in [2.45, 2.75) is 6.54 Å². The Hall–Kier alpha value is -4.52. The Bertz CT molecular complexity index is 1410. The number of aromatic amines is 1. The van der Waals surface area contributed by atoms with Crippen molar-refractivity contribution >= 4 is 22.6 Å². The number of fused-ring (bicyclic) bond motifs is 1. The summed E-state index contributed by atoms with van der Waals surface area (Å²) in [5.74, 6) is 0.788. The van der Waals surface area contributed by atoms with Gasteiger partial charge in [-0.25, -0.2) is 10.1 Å². The molecular weight excluding hydrogens is 420 g/mol. The molecule has 10 heteroatoms. The van der Waals surface area contributed by atoms with Crippen molar-refractivity contribution in [3.63, 3.8) is 0 Å². The molecule has 1 aliphatic heterocycles. The fourth-order valence-corrected chi connectivity index (χ4v) is 3.98. The fourth-order valence-electron chi connectivity index (χ4n) is 3.98. The Balaban J connectivity index is 1.27. The Morgan fingerprint density at radius 2 is 1.94 bits per heavy atom. The van der Waals surface area contributed by atoms with E-state index in [0.717, 1.165) is 11.4 Å². The monoisotopic (exact) mass is 440 g/mol. The third-order valence-corrected chi connectivity index (χ3v) is 5.75. The fraction of sp³-hybridized carbons (Fsp3) is 0.217. The molecule has 10 nitrogen and oxygen atoms in total. The molecular formula is C23H20N8O2. The lowest BCUT2D eigenvalue weighted by atomic mass is 10.1. The SMILES string of the molecule is N#Cc1ccc(N2CCN(C(=O)c3cccc(Cn4ncc5c(=O)[nH]ncc54)c3)CC2)nc1. The molecule has 0 saturated carbocycles. The normalized spacial score (nSPS) is 13.8. The summed E-state index contributed by atoms with van der Waals surface area (Å²) < 4.78 is 1.70. The van der Waals surface area contributed by atoms with Gasteiger partial charge >= 0.3 is 0 Å². The van der Waals surface area contributed by atoms with Crippen molar-refractivity contribution in [1.82, 2.24) is 29.9 Å². The zero-order chi connectivity index (χ0) is 22.8. The van der Waals surface area contributed by atoms with Crippen molar-refractivity contribution in [1.29, 1.82) is 5.26 Å². The van der Waals surface area contributed by atoms with E-state index in [1.54, 1.807) is 23.1 Å². The van der Waals surface area contributed by atoms with Gasteiger partial charge in [0.25, 0.3) is 11.5 Å². The quantitative estimate of drug-likeness (QED) is 0.509. The number of piperazine rings is 1. The van der Waals surface area contributed by atoms with Crippen LogP contribution in [-0.2, 0) is 6.54 Å². The van der Waals surface area contributed by atoms with Crippen LogP contribution in [0.2, 0.25) is 0 Å². The molecule has 5 rings (SSSR count). The summed E-state index contributed by atoms with van der Waals surface area (Å²) in [7, 11) is 0. The molecule has 1 fully saturated rings. The predicted molar refractivity (Wildman–Crippen MR) is 121 cm³/mol. The number of pyridine rings is 1. The number of hydrogen-bond acceptors (Lipinski definition) is 7. The van der Waals surface area contributed by atoms with E-state index in [0.29, 0.717) is 54.8 Å². The van der Waals surface area contributed by atoms with E-state index in [1.807, 2.05) is 35.2 Å². The van der Waals surface area contributed by atoms with E-state index in [2.05, 4.69) is 31.2 Å². The number of carbonyl (C=O) groups is 1. The minimum atomic E-state index is -0.280. The van der Waals surface area contributed by atoms with E-state index in [4.69, 9.17) is 5.26 Å². The molecule has 0 radical (unpaired) electrons. The zero-order valence-corrected chi connectivity index (χ0v) is 17.7. The molecule has 1 aromatic carbocycles. The molecule has 1 aliphatic rings. The number of carbonyl (C=O) groups excluding carboxylic acids is 1. The van der Waals surface area contributed by atoms with Crippen molar-refractivity contribution in [3.05, 3.63) is 82.0 Å². The van der Waals surface area contributed by atoms with Gasteiger partial charge in [0, 0.05) is 37.9 Å². The average Bonchev–Trinajstić information content (AvgIpc) is 3.28. The summed E-state index contributed by atoms with van der Waals surface area (Å²) in [6.45, 7) is 2.94. The predicted octanol–water partition coefficient (Wildman–Crippen LogP) is 1.40. The van der Waals surface area contributed by atoms with Gasteiger partial charge in [0.2, 0.25) is 0 Å². The molecule has 0 bridgehead atoms. The first-order chi connectivity index (χ1) is 16.1. The Labute approximate surface area is 188 Å². The number of amides is 1. The van der Waals surface area contributed by atoms with Gasteiger partial charge in [-0.15, -0.1) is 0 Å². The molecule has 0 unspecified atom stereocenters. The maximum atomic E-state index is 13.1. The van der Waals surface area contributed by atoms with Crippen LogP contribution < -0.4 is 10.5 Å². The van der Waals surface area contributed by atoms with E-state index in [1.165, 1.54) is 6.20 Å². The summed E-state index contributed by atoms with van der Waals surface area (Å²) in [5, 5.41) is 19.9. The zero-order valence-electron chi connectivity index (χ0n) is 17.7. The van der Waals surface area contributed by atoms with Gasteiger partial charge in [0.1, 0.15) is 11.9 Å². The van der Waals surface area contributed by atoms with Crippen molar-refractivity contribution in [3.8, 4) is 6.07 Å². The number of hydrogen-bond donors (Lipinski definition) is 1. The number of anilines is 1. The molecule has 1 saturated heterocycles. The highest BCUT2D eigenvalue weighted by Gasteiger charge is 2.23. The third-order valence-electron chi connectivity index (χ3n) is 5.75. The molecule has 0 spiro atoms.